The molecule has 0 saturated heterocycles. The lowest BCUT2D eigenvalue weighted by Crippen LogP contribution is -2.38. The molecule has 3 amide bonds. The third-order valence-corrected chi connectivity index (χ3v) is 3.04. The number of likely N-dealkylation sites (N-methyl/N-ethyl adjacent to an activating group) is 1. The van der Waals surface area contributed by atoms with Gasteiger partial charge >= 0.3 is 12.0 Å². The summed E-state index contributed by atoms with van der Waals surface area (Å²) in [5, 5.41) is 13.8. The van der Waals surface area contributed by atoms with E-state index in [4.69, 9.17) is 5.11 Å². The van der Waals surface area contributed by atoms with Crippen molar-refractivity contribution in [2.45, 2.75) is 0 Å². The molecule has 1 rings (SSSR count). The fourth-order valence-corrected chi connectivity index (χ4v) is 1.77. The Morgan fingerprint density at radius 1 is 1.30 bits per heavy atom. The lowest BCUT2D eigenvalue weighted by Gasteiger charge is -2.13. The first kappa shape index (κ1) is 16.0. The van der Waals surface area contributed by atoms with Gasteiger partial charge < -0.3 is 20.6 Å². The smallest absolute Gasteiger partial charge is 0.337 e. The van der Waals surface area contributed by atoms with E-state index in [-0.39, 0.29) is 23.7 Å². The van der Waals surface area contributed by atoms with Crippen LogP contribution in [0.15, 0.2) is 22.7 Å². The van der Waals surface area contributed by atoms with E-state index < -0.39 is 12.0 Å². The summed E-state index contributed by atoms with van der Waals surface area (Å²) in [6.45, 7) is -0.175. The number of nitrogens with one attached hydrogen (secondary N) is 2. The average molecular weight is 344 g/mol. The highest BCUT2D eigenvalue weighted by Crippen LogP contribution is 2.26. The van der Waals surface area contributed by atoms with Crippen molar-refractivity contribution in [3.63, 3.8) is 0 Å². The predicted octanol–water partition coefficient (Wildman–Crippen LogP) is 1.36. The predicted molar refractivity (Wildman–Crippen MR) is 76.8 cm³/mol. The Labute approximate surface area is 124 Å². The first-order valence-electron chi connectivity index (χ1n) is 5.59. The number of rotatable bonds is 4. The third-order valence-electron chi connectivity index (χ3n) is 2.38. The van der Waals surface area contributed by atoms with Crippen LogP contribution in [0.2, 0.25) is 0 Å². The maximum absolute atomic E-state index is 11.7. The Bertz CT molecular complexity index is 546. The Balaban J connectivity index is 2.76. The van der Waals surface area contributed by atoms with E-state index in [2.05, 4.69) is 26.6 Å². The highest BCUT2D eigenvalue weighted by molar-refractivity contribution is 9.10. The van der Waals surface area contributed by atoms with E-state index >= 15 is 0 Å². The maximum Gasteiger partial charge on any atom is 0.337 e. The highest BCUT2D eigenvalue weighted by Gasteiger charge is 2.15. The SMILES string of the molecule is CN(C)C(=O)CNC(=O)Nc1c(Br)cccc1C(=O)O. The Morgan fingerprint density at radius 3 is 2.50 bits per heavy atom. The van der Waals surface area contributed by atoms with Crippen LogP contribution in [0, 0.1) is 0 Å². The molecule has 0 aromatic heterocycles. The summed E-state index contributed by atoms with van der Waals surface area (Å²) in [5.74, 6) is -1.43. The number of nitrogens with zero attached hydrogens (tertiary/aromatic N) is 1. The maximum atomic E-state index is 11.7. The van der Waals surface area contributed by atoms with Crippen LogP contribution >= 0.6 is 15.9 Å². The van der Waals surface area contributed by atoms with Gasteiger partial charge in [-0.3, -0.25) is 4.79 Å². The molecule has 1 aromatic carbocycles. The molecule has 0 fully saturated rings. The van der Waals surface area contributed by atoms with Crippen molar-refractivity contribution in [2.75, 3.05) is 26.0 Å². The van der Waals surface area contributed by atoms with Crippen LogP contribution in [-0.2, 0) is 4.79 Å². The van der Waals surface area contributed by atoms with Crippen LogP contribution in [0.4, 0.5) is 10.5 Å². The van der Waals surface area contributed by atoms with E-state index in [0.29, 0.717) is 4.47 Å². The molecule has 0 spiro atoms. The van der Waals surface area contributed by atoms with Gasteiger partial charge in [-0.1, -0.05) is 6.07 Å². The minimum absolute atomic E-state index is 0.0477. The van der Waals surface area contributed by atoms with Crippen molar-refractivity contribution >= 4 is 39.5 Å². The first-order chi connectivity index (χ1) is 9.32. The Kier molecular flexibility index (Phi) is 5.51. The molecule has 0 heterocycles. The van der Waals surface area contributed by atoms with Gasteiger partial charge in [-0.05, 0) is 28.1 Å². The molecule has 7 nitrogen and oxygen atoms in total. The lowest BCUT2D eigenvalue weighted by atomic mass is 10.2. The fraction of sp³-hybridized carbons (Fsp3) is 0.250. The van der Waals surface area contributed by atoms with Crippen molar-refractivity contribution in [2.24, 2.45) is 0 Å². The Morgan fingerprint density at radius 2 is 1.95 bits per heavy atom. The van der Waals surface area contributed by atoms with Gasteiger partial charge in [0.15, 0.2) is 0 Å². The summed E-state index contributed by atoms with van der Waals surface area (Å²) in [6, 6.07) is 3.86. The zero-order chi connectivity index (χ0) is 15.3. The molecule has 0 atom stereocenters. The molecule has 108 valence electrons. The highest BCUT2D eigenvalue weighted by atomic mass is 79.9. The minimum Gasteiger partial charge on any atom is -0.478 e. The van der Waals surface area contributed by atoms with Crippen LogP contribution in [0.25, 0.3) is 0 Å². The van der Waals surface area contributed by atoms with Crippen molar-refractivity contribution in [1.82, 2.24) is 10.2 Å². The molecule has 0 radical (unpaired) electrons. The van der Waals surface area contributed by atoms with Crippen molar-refractivity contribution in [1.29, 1.82) is 0 Å². The summed E-state index contributed by atoms with van der Waals surface area (Å²) < 4.78 is 0.437. The van der Waals surface area contributed by atoms with Crippen LogP contribution in [0.1, 0.15) is 10.4 Å². The molecular weight excluding hydrogens is 330 g/mol. The second kappa shape index (κ2) is 6.90. The van der Waals surface area contributed by atoms with E-state index in [1.165, 1.54) is 11.0 Å². The number of halogens is 1. The minimum atomic E-state index is -1.16. The lowest BCUT2D eigenvalue weighted by molar-refractivity contribution is -0.127. The summed E-state index contributed by atoms with van der Waals surface area (Å²) in [5.41, 5.74) is 0.0864. The normalized spacial score (nSPS) is 9.75. The molecule has 1 aromatic rings. The van der Waals surface area contributed by atoms with Crippen molar-refractivity contribution < 1.29 is 19.5 Å². The molecule has 0 aliphatic heterocycles. The van der Waals surface area contributed by atoms with Gasteiger partial charge in [0.05, 0.1) is 17.8 Å². The number of carboxylic acids is 1. The molecule has 0 aliphatic carbocycles. The average Bonchev–Trinajstić information content (AvgIpc) is 2.37. The molecule has 8 heteroatoms. The summed E-state index contributed by atoms with van der Waals surface area (Å²) >= 11 is 3.17. The van der Waals surface area contributed by atoms with Crippen molar-refractivity contribution in [3.8, 4) is 0 Å². The van der Waals surface area contributed by atoms with Gasteiger partial charge in [0.2, 0.25) is 5.91 Å². The van der Waals surface area contributed by atoms with Gasteiger partial charge in [-0.15, -0.1) is 0 Å². The number of aromatic carboxylic acids is 1. The number of para-hydroxylation sites is 1. The van der Waals surface area contributed by atoms with E-state index in [9.17, 15) is 14.4 Å². The van der Waals surface area contributed by atoms with Crippen LogP contribution in [0.3, 0.4) is 0 Å². The van der Waals surface area contributed by atoms with Gasteiger partial charge in [0, 0.05) is 18.6 Å². The van der Waals surface area contributed by atoms with Crippen LogP contribution < -0.4 is 10.6 Å². The fourth-order valence-electron chi connectivity index (χ4n) is 1.30. The number of carbonyl (C=O) groups excluding carboxylic acids is 2. The molecule has 0 saturated carbocycles. The number of hydrogen-bond acceptors (Lipinski definition) is 3. The van der Waals surface area contributed by atoms with Crippen molar-refractivity contribution in [3.05, 3.63) is 28.2 Å². The number of hydrogen-bond donors (Lipinski definition) is 3. The number of anilines is 1. The number of benzene rings is 1. The number of carboxylic acid groups (broad SMARTS) is 1. The number of urea groups is 1. The topological polar surface area (TPSA) is 98.7 Å². The summed E-state index contributed by atoms with van der Waals surface area (Å²) in [7, 11) is 3.14. The van der Waals surface area contributed by atoms with Gasteiger partial charge in [-0.2, -0.15) is 0 Å². The quantitative estimate of drug-likeness (QED) is 0.768. The first-order valence-corrected chi connectivity index (χ1v) is 6.39. The second-order valence-corrected chi connectivity index (χ2v) is 4.92. The molecule has 3 N–H and O–H groups in total. The largest absolute Gasteiger partial charge is 0.478 e. The molecular formula is C12H14BrN3O4. The van der Waals surface area contributed by atoms with Gasteiger partial charge in [0.1, 0.15) is 0 Å². The van der Waals surface area contributed by atoms with Gasteiger partial charge in [-0.25, -0.2) is 9.59 Å². The Hall–Kier alpha value is -2.09. The number of amides is 3. The second-order valence-electron chi connectivity index (χ2n) is 4.06. The van der Waals surface area contributed by atoms with Crippen LogP contribution in [-0.4, -0.2) is 48.6 Å². The van der Waals surface area contributed by atoms with E-state index in [1.807, 2.05) is 0 Å². The zero-order valence-corrected chi connectivity index (χ0v) is 12.5. The number of carbonyl (C=O) groups is 3. The van der Waals surface area contributed by atoms with E-state index in [1.54, 1.807) is 26.2 Å². The van der Waals surface area contributed by atoms with Crippen LogP contribution in [0.5, 0.6) is 0 Å². The zero-order valence-electron chi connectivity index (χ0n) is 10.9. The summed E-state index contributed by atoms with van der Waals surface area (Å²) in [4.78, 5) is 35.4. The summed E-state index contributed by atoms with van der Waals surface area (Å²) in [6.07, 6.45) is 0. The molecule has 0 unspecified atom stereocenters. The standard InChI is InChI=1S/C12H14BrN3O4/c1-16(2)9(17)6-14-12(20)15-10-7(11(18)19)4-3-5-8(10)13/h3-5H,6H2,1-2H3,(H,18,19)(H2,14,15,20). The van der Waals surface area contributed by atoms with Gasteiger partial charge in [0.25, 0.3) is 0 Å². The molecule has 0 bridgehead atoms. The molecule has 0 aliphatic rings. The third kappa shape index (κ3) is 4.23. The van der Waals surface area contributed by atoms with E-state index in [0.717, 1.165) is 0 Å². The monoisotopic (exact) mass is 343 g/mol. The molecule has 20 heavy (non-hydrogen) atoms.